The van der Waals surface area contributed by atoms with Crippen LogP contribution in [0.15, 0.2) is 57.8 Å². The molecule has 28 heavy (non-hydrogen) atoms. The van der Waals surface area contributed by atoms with Crippen molar-refractivity contribution in [2.75, 3.05) is 0 Å². The third kappa shape index (κ3) is 3.73. The maximum atomic E-state index is 12.1. The molecule has 4 rings (SSSR count). The smallest absolute Gasteiger partial charge is 0.336 e. The van der Waals surface area contributed by atoms with Crippen LogP contribution in [0.4, 0.5) is 0 Å². The van der Waals surface area contributed by atoms with Gasteiger partial charge in [-0.2, -0.15) is 0 Å². The molecule has 0 atom stereocenters. The molecule has 0 radical (unpaired) electrons. The summed E-state index contributed by atoms with van der Waals surface area (Å²) in [6.45, 7) is 3.93. The van der Waals surface area contributed by atoms with Crippen LogP contribution in [0.1, 0.15) is 21.7 Å². The Morgan fingerprint density at radius 2 is 1.96 bits per heavy atom. The van der Waals surface area contributed by atoms with Crippen molar-refractivity contribution in [1.82, 2.24) is 4.98 Å². The molecule has 0 saturated carbocycles. The van der Waals surface area contributed by atoms with Gasteiger partial charge >= 0.3 is 11.6 Å². The molecule has 0 bridgehead atoms. The van der Waals surface area contributed by atoms with E-state index in [1.165, 1.54) is 23.5 Å². The van der Waals surface area contributed by atoms with Crippen molar-refractivity contribution in [3.05, 3.63) is 80.7 Å². The van der Waals surface area contributed by atoms with Crippen molar-refractivity contribution < 1.29 is 13.9 Å². The summed E-state index contributed by atoms with van der Waals surface area (Å²) in [5, 5.41) is 1.50. The average molecular weight is 391 g/mol. The van der Waals surface area contributed by atoms with E-state index in [0.29, 0.717) is 11.1 Å². The van der Waals surface area contributed by atoms with Gasteiger partial charge in [-0.25, -0.2) is 14.6 Å². The predicted molar refractivity (Wildman–Crippen MR) is 110 cm³/mol. The van der Waals surface area contributed by atoms with Gasteiger partial charge < -0.3 is 9.15 Å². The quantitative estimate of drug-likeness (QED) is 0.285. The van der Waals surface area contributed by atoms with Gasteiger partial charge in [-0.15, -0.1) is 11.3 Å². The molecule has 0 amide bonds. The Morgan fingerprint density at radius 3 is 2.79 bits per heavy atom. The zero-order chi connectivity index (χ0) is 19.7. The molecule has 0 spiro atoms. The fraction of sp³-hybridized carbons (Fsp3) is 0.136. The predicted octanol–water partition coefficient (Wildman–Crippen LogP) is 4.78. The lowest BCUT2D eigenvalue weighted by Crippen LogP contribution is -2.06. The van der Waals surface area contributed by atoms with Crippen molar-refractivity contribution in [2.45, 2.75) is 20.5 Å². The normalized spacial score (nSPS) is 11.5. The first-order chi connectivity index (χ1) is 13.5. The Morgan fingerprint density at radius 1 is 1.18 bits per heavy atom. The fourth-order valence-electron chi connectivity index (χ4n) is 2.90. The first-order valence-corrected chi connectivity index (χ1v) is 9.55. The van der Waals surface area contributed by atoms with Crippen molar-refractivity contribution in [1.29, 1.82) is 0 Å². The molecule has 4 aromatic rings. The fourth-order valence-corrected chi connectivity index (χ4v) is 3.77. The van der Waals surface area contributed by atoms with Gasteiger partial charge in [-0.05, 0) is 55.3 Å². The second-order valence-electron chi connectivity index (χ2n) is 6.48. The highest BCUT2D eigenvalue weighted by molar-refractivity contribution is 7.19. The highest BCUT2D eigenvalue weighted by Gasteiger charge is 2.10. The first-order valence-electron chi connectivity index (χ1n) is 8.74. The van der Waals surface area contributed by atoms with Crippen LogP contribution in [0.5, 0.6) is 0 Å². The van der Waals surface area contributed by atoms with Crippen LogP contribution in [-0.4, -0.2) is 11.0 Å². The molecular formula is C22H17NO4S. The molecule has 2 heterocycles. The summed E-state index contributed by atoms with van der Waals surface area (Å²) in [6.07, 6.45) is 2.98. The van der Waals surface area contributed by atoms with Crippen molar-refractivity contribution in [2.24, 2.45) is 0 Å². The molecule has 2 aromatic carbocycles. The van der Waals surface area contributed by atoms with Gasteiger partial charge in [-0.3, -0.25) is 0 Å². The summed E-state index contributed by atoms with van der Waals surface area (Å²) in [6, 6.07) is 12.9. The number of fused-ring (bicyclic) bond motifs is 2. The first kappa shape index (κ1) is 18.1. The van der Waals surface area contributed by atoms with E-state index in [0.717, 1.165) is 31.7 Å². The third-order valence-electron chi connectivity index (χ3n) is 4.49. The second-order valence-corrected chi connectivity index (χ2v) is 7.55. The number of hydrogen-bond acceptors (Lipinski definition) is 6. The van der Waals surface area contributed by atoms with Crippen LogP contribution in [0.3, 0.4) is 0 Å². The van der Waals surface area contributed by atoms with Crippen LogP contribution in [0, 0.1) is 13.8 Å². The highest BCUT2D eigenvalue weighted by Crippen LogP contribution is 2.23. The molecule has 0 N–H and O–H groups in total. The lowest BCUT2D eigenvalue weighted by Gasteiger charge is -2.08. The van der Waals surface area contributed by atoms with E-state index in [1.807, 2.05) is 50.2 Å². The third-order valence-corrected chi connectivity index (χ3v) is 5.49. The topological polar surface area (TPSA) is 69.4 Å². The van der Waals surface area contributed by atoms with Crippen LogP contribution in [0.2, 0.25) is 0 Å². The number of aromatic nitrogens is 1. The Balaban J connectivity index is 1.51. The number of thiazole rings is 1. The summed E-state index contributed by atoms with van der Waals surface area (Å²) in [5.41, 5.74) is 3.65. The van der Waals surface area contributed by atoms with E-state index < -0.39 is 11.6 Å². The minimum Gasteiger partial charge on any atom is -0.458 e. The van der Waals surface area contributed by atoms with Gasteiger partial charge in [0.15, 0.2) is 0 Å². The number of para-hydroxylation sites is 1. The molecule has 0 aliphatic carbocycles. The van der Waals surface area contributed by atoms with Crippen LogP contribution in [0.25, 0.3) is 27.3 Å². The molecule has 0 fully saturated rings. The van der Waals surface area contributed by atoms with Crippen molar-refractivity contribution in [3.63, 3.8) is 0 Å². The number of rotatable bonds is 4. The zero-order valence-corrected chi connectivity index (χ0v) is 16.2. The van der Waals surface area contributed by atoms with Crippen molar-refractivity contribution >= 4 is 44.6 Å². The van der Waals surface area contributed by atoms with Crippen LogP contribution < -0.4 is 5.63 Å². The molecule has 0 saturated heterocycles. The number of nitrogens with zero attached hydrogens (tertiary/aromatic N) is 1. The maximum Gasteiger partial charge on any atom is 0.336 e. The van der Waals surface area contributed by atoms with Gasteiger partial charge in [0.25, 0.3) is 0 Å². The molecular weight excluding hydrogens is 374 g/mol. The van der Waals surface area contributed by atoms with Crippen LogP contribution >= 0.6 is 11.3 Å². The highest BCUT2D eigenvalue weighted by atomic mass is 32.1. The minimum atomic E-state index is -0.496. The lowest BCUT2D eigenvalue weighted by atomic mass is 10.0. The van der Waals surface area contributed by atoms with E-state index in [9.17, 15) is 9.59 Å². The Kier molecular flexibility index (Phi) is 4.79. The minimum absolute atomic E-state index is 0.00633. The van der Waals surface area contributed by atoms with E-state index >= 15 is 0 Å². The van der Waals surface area contributed by atoms with E-state index in [1.54, 1.807) is 6.08 Å². The summed E-state index contributed by atoms with van der Waals surface area (Å²) in [4.78, 5) is 28.4. The Hall–Kier alpha value is -3.25. The van der Waals surface area contributed by atoms with Crippen molar-refractivity contribution in [3.8, 4) is 0 Å². The Bertz CT molecular complexity index is 1250. The van der Waals surface area contributed by atoms with Gasteiger partial charge in [0.05, 0.1) is 10.2 Å². The van der Waals surface area contributed by atoms with E-state index in [2.05, 4.69) is 4.98 Å². The van der Waals surface area contributed by atoms with E-state index in [4.69, 9.17) is 9.15 Å². The van der Waals surface area contributed by atoms with Gasteiger partial charge in [0.2, 0.25) is 0 Å². The maximum absolute atomic E-state index is 12.1. The number of hydrogen-bond donors (Lipinski definition) is 0. The number of esters is 1. The van der Waals surface area contributed by atoms with Gasteiger partial charge in [0, 0.05) is 23.1 Å². The second kappa shape index (κ2) is 7.40. The molecule has 140 valence electrons. The van der Waals surface area contributed by atoms with Crippen LogP contribution in [-0.2, 0) is 16.1 Å². The lowest BCUT2D eigenvalue weighted by molar-refractivity contribution is -0.138. The number of benzene rings is 2. The monoisotopic (exact) mass is 391 g/mol. The number of aryl methyl sites for hydroxylation is 2. The number of carbonyl (C=O) groups is 1. The molecule has 2 aromatic heterocycles. The summed E-state index contributed by atoms with van der Waals surface area (Å²) in [7, 11) is 0. The molecule has 6 heteroatoms. The summed E-state index contributed by atoms with van der Waals surface area (Å²) in [5.74, 6) is -0.496. The molecule has 0 aliphatic heterocycles. The van der Waals surface area contributed by atoms with E-state index in [-0.39, 0.29) is 6.61 Å². The molecule has 0 aliphatic rings. The largest absolute Gasteiger partial charge is 0.458 e. The summed E-state index contributed by atoms with van der Waals surface area (Å²) < 4.78 is 11.6. The SMILES string of the molecule is Cc1cc2oc(=O)cc(COC(=O)/C=C/c3nc4ccccc4s3)c2cc1C. The van der Waals surface area contributed by atoms with Gasteiger partial charge in [-0.1, -0.05) is 12.1 Å². The summed E-state index contributed by atoms with van der Waals surface area (Å²) >= 11 is 1.50. The van der Waals surface area contributed by atoms with Gasteiger partial charge in [0.1, 0.15) is 17.2 Å². The molecule has 0 unspecified atom stereocenters. The average Bonchev–Trinajstić information content (AvgIpc) is 3.09. The number of carbonyl (C=O) groups excluding carboxylic acids is 1. The zero-order valence-electron chi connectivity index (χ0n) is 15.4. The standard InChI is InChI=1S/C22H17NO4S/c1-13-9-16-15(11-22(25)27-18(16)10-14(13)2)12-26-21(24)8-7-20-23-17-5-3-4-6-19(17)28-20/h3-11H,12H2,1-2H3/b8-7+. The molecule has 5 nitrogen and oxygen atoms in total. The Labute approximate surface area is 164 Å². The number of ether oxygens (including phenoxy) is 1.